The van der Waals surface area contributed by atoms with Crippen molar-refractivity contribution in [1.29, 1.82) is 0 Å². The van der Waals surface area contributed by atoms with Crippen molar-refractivity contribution < 1.29 is 14.3 Å². The molecule has 0 aromatic heterocycles. The molecule has 2 aromatic rings. The Hall–Kier alpha value is -2.51. The van der Waals surface area contributed by atoms with Gasteiger partial charge in [0.25, 0.3) is 0 Å². The van der Waals surface area contributed by atoms with Crippen LogP contribution >= 0.6 is 23.4 Å². The van der Waals surface area contributed by atoms with Crippen LogP contribution in [0.15, 0.2) is 53.5 Å². The van der Waals surface area contributed by atoms with E-state index < -0.39 is 5.25 Å². The SMILES string of the molecule is CCOc1ccc(N=C2SC(CC(=O)Nc3cccc(Cl)c3)C(=O)N2C)cc1. The predicted molar refractivity (Wildman–Crippen MR) is 114 cm³/mol. The molecule has 1 atom stereocenters. The van der Waals surface area contributed by atoms with Crippen molar-refractivity contribution in [2.75, 3.05) is 19.0 Å². The van der Waals surface area contributed by atoms with Crippen molar-refractivity contribution in [3.05, 3.63) is 53.6 Å². The molecule has 8 heteroatoms. The number of nitrogens with zero attached hydrogens (tertiary/aromatic N) is 2. The molecule has 0 radical (unpaired) electrons. The van der Waals surface area contributed by atoms with Crippen LogP contribution in [0.2, 0.25) is 5.02 Å². The predicted octanol–water partition coefficient (Wildman–Crippen LogP) is 4.33. The van der Waals surface area contributed by atoms with Crippen LogP contribution in [0.5, 0.6) is 5.75 Å². The van der Waals surface area contributed by atoms with Gasteiger partial charge in [0.2, 0.25) is 11.8 Å². The number of hydrogen-bond acceptors (Lipinski definition) is 5. The Bertz CT molecular complexity index is 902. The Morgan fingerprint density at radius 2 is 2.04 bits per heavy atom. The van der Waals surface area contributed by atoms with Crippen LogP contribution < -0.4 is 10.1 Å². The molecule has 1 N–H and O–H groups in total. The zero-order chi connectivity index (χ0) is 20.1. The molecule has 28 heavy (non-hydrogen) atoms. The zero-order valence-corrected chi connectivity index (χ0v) is 17.1. The molecule has 0 bridgehead atoms. The Labute approximate surface area is 172 Å². The fourth-order valence-corrected chi connectivity index (χ4v) is 3.98. The number of carbonyl (C=O) groups excluding carboxylic acids is 2. The van der Waals surface area contributed by atoms with Crippen LogP contribution in [0.3, 0.4) is 0 Å². The highest BCUT2D eigenvalue weighted by Gasteiger charge is 2.37. The Kier molecular flexibility index (Phi) is 6.59. The molecular weight excluding hydrogens is 398 g/mol. The van der Waals surface area contributed by atoms with E-state index in [0.29, 0.717) is 22.5 Å². The second-order valence-electron chi connectivity index (χ2n) is 6.09. The number of anilines is 1. The van der Waals surface area contributed by atoms with Crippen molar-refractivity contribution in [2.24, 2.45) is 4.99 Å². The minimum Gasteiger partial charge on any atom is -0.494 e. The summed E-state index contributed by atoms with van der Waals surface area (Å²) < 4.78 is 5.42. The molecule has 1 saturated heterocycles. The van der Waals surface area contributed by atoms with E-state index in [2.05, 4.69) is 10.3 Å². The number of amidine groups is 1. The maximum absolute atomic E-state index is 12.5. The van der Waals surface area contributed by atoms with E-state index in [4.69, 9.17) is 16.3 Å². The zero-order valence-electron chi connectivity index (χ0n) is 15.5. The fraction of sp³-hybridized carbons (Fsp3) is 0.250. The highest BCUT2D eigenvalue weighted by atomic mass is 35.5. The number of carbonyl (C=O) groups is 2. The van der Waals surface area contributed by atoms with Gasteiger partial charge in [-0.3, -0.25) is 14.5 Å². The smallest absolute Gasteiger partial charge is 0.242 e. The Morgan fingerprint density at radius 3 is 2.71 bits per heavy atom. The minimum atomic E-state index is -0.509. The maximum atomic E-state index is 12.5. The monoisotopic (exact) mass is 417 g/mol. The first-order chi connectivity index (χ1) is 13.5. The van der Waals surface area contributed by atoms with E-state index in [0.717, 1.165) is 11.4 Å². The van der Waals surface area contributed by atoms with Gasteiger partial charge in [0.1, 0.15) is 11.0 Å². The third kappa shape index (κ3) is 5.05. The average Bonchev–Trinajstić information content (AvgIpc) is 2.91. The van der Waals surface area contributed by atoms with Crippen molar-refractivity contribution in [2.45, 2.75) is 18.6 Å². The summed E-state index contributed by atoms with van der Waals surface area (Å²) in [6, 6.07) is 14.2. The summed E-state index contributed by atoms with van der Waals surface area (Å²) in [5.74, 6) is 0.380. The maximum Gasteiger partial charge on any atom is 0.242 e. The van der Waals surface area contributed by atoms with Crippen LogP contribution in [0.25, 0.3) is 0 Å². The van der Waals surface area contributed by atoms with E-state index in [1.165, 1.54) is 16.7 Å². The van der Waals surface area contributed by atoms with Crippen LogP contribution in [0, 0.1) is 0 Å². The van der Waals surface area contributed by atoms with Gasteiger partial charge in [0.05, 0.1) is 12.3 Å². The van der Waals surface area contributed by atoms with Gasteiger partial charge in [-0.2, -0.15) is 0 Å². The summed E-state index contributed by atoms with van der Waals surface area (Å²) in [6.45, 7) is 2.52. The Morgan fingerprint density at radius 1 is 1.29 bits per heavy atom. The average molecular weight is 418 g/mol. The number of benzene rings is 2. The lowest BCUT2D eigenvalue weighted by Crippen LogP contribution is -2.30. The van der Waals surface area contributed by atoms with E-state index in [-0.39, 0.29) is 18.2 Å². The van der Waals surface area contributed by atoms with Gasteiger partial charge in [-0.1, -0.05) is 29.4 Å². The minimum absolute atomic E-state index is 0.0582. The summed E-state index contributed by atoms with van der Waals surface area (Å²) in [5, 5.41) is 3.36. The van der Waals surface area contributed by atoms with Gasteiger partial charge in [0.15, 0.2) is 5.17 Å². The summed E-state index contributed by atoms with van der Waals surface area (Å²) in [6.07, 6.45) is 0.0582. The number of ether oxygens (including phenoxy) is 1. The first-order valence-electron chi connectivity index (χ1n) is 8.77. The molecule has 2 aromatic carbocycles. The highest BCUT2D eigenvalue weighted by Crippen LogP contribution is 2.31. The lowest BCUT2D eigenvalue weighted by Gasteiger charge is -2.09. The number of nitrogens with one attached hydrogen (secondary N) is 1. The molecule has 1 heterocycles. The lowest BCUT2D eigenvalue weighted by molar-refractivity contribution is -0.127. The van der Waals surface area contributed by atoms with Gasteiger partial charge in [-0.15, -0.1) is 0 Å². The third-order valence-electron chi connectivity index (χ3n) is 3.99. The largest absolute Gasteiger partial charge is 0.494 e. The number of thioether (sulfide) groups is 1. The molecule has 1 unspecified atom stereocenters. The number of amides is 2. The second-order valence-corrected chi connectivity index (χ2v) is 7.69. The standard InChI is InChI=1S/C20H20ClN3O3S/c1-3-27-16-9-7-14(8-10-16)23-20-24(2)19(26)17(28-20)12-18(25)22-15-6-4-5-13(21)11-15/h4-11,17H,3,12H2,1-2H3,(H,22,25). The van der Waals surface area contributed by atoms with Crippen LogP contribution in [-0.2, 0) is 9.59 Å². The summed E-state index contributed by atoms with van der Waals surface area (Å²) in [5.41, 5.74) is 1.32. The topological polar surface area (TPSA) is 71.0 Å². The second kappa shape index (κ2) is 9.12. The third-order valence-corrected chi connectivity index (χ3v) is 5.46. The van der Waals surface area contributed by atoms with Crippen molar-refractivity contribution in [1.82, 2.24) is 4.90 Å². The molecular formula is C20H20ClN3O3S. The number of rotatable bonds is 6. The van der Waals surface area contributed by atoms with E-state index in [1.807, 2.05) is 31.2 Å². The highest BCUT2D eigenvalue weighted by molar-refractivity contribution is 8.15. The number of halogens is 1. The van der Waals surface area contributed by atoms with Crippen molar-refractivity contribution in [3.8, 4) is 5.75 Å². The molecule has 2 amide bonds. The molecule has 6 nitrogen and oxygen atoms in total. The van der Waals surface area contributed by atoms with Crippen LogP contribution in [-0.4, -0.2) is 40.8 Å². The normalized spacial score (nSPS) is 17.8. The van der Waals surface area contributed by atoms with Crippen molar-refractivity contribution in [3.63, 3.8) is 0 Å². The molecule has 1 aliphatic heterocycles. The summed E-state index contributed by atoms with van der Waals surface area (Å²) in [7, 11) is 1.66. The van der Waals surface area contributed by atoms with Gasteiger partial charge >= 0.3 is 0 Å². The van der Waals surface area contributed by atoms with Crippen LogP contribution in [0.1, 0.15) is 13.3 Å². The first-order valence-corrected chi connectivity index (χ1v) is 10.0. The van der Waals surface area contributed by atoms with Gasteiger partial charge < -0.3 is 10.1 Å². The van der Waals surface area contributed by atoms with E-state index in [1.54, 1.807) is 31.3 Å². The number of hydrogen-bond donors (Lipinski definition) is 1. The molecule has 1 aliphatic rings. The van der Waals surface area contributed by atoms with E-state index in [9.17, 15) is 9.59 Å². The number of aliphatic imine (C=N–C) groups is 1. The van der Waals surface area contributed by atoms with Gasteiger partial charge in [0, 0.05) is 24.2 Å². The first kappa shape index (κ1) is 20.2. The lowest BCUT2D eigenvalue weighted by atomic mass is 10.2. The molecule has 3 rings (SSSR count). The quantitative estimate of drug-likeness (QED) is 0.759. The summed E-state index contributed by atoms with van der Waals surface area (Å²) >= 11 is 7.21. The van der Waals surface area contributed by atoms with Gasteiger partial charge in [-0.05, 0) is 49.4 Å². The molecule has 1 fully saturated rings. The summed E-state index contributed by atoms with van der Waals surface area (Å²) in [4.78, 5) is 30.8. The van der Waals surface area contributed by atoms with E-state index >= 15 is 0 Å². The molecule has 0 saturated carbocycles. The van der Waals surface area contributed by atoms with Crippen molar-refractivity contribution >= 4 is 51.7 Å². The van der Waals surface area contributed by atoms with Crippen LogP contribution in [0.4, 0.5) is 11.4 Å². The fourth-order valence-electron chi connectivity index (χ4n) is 2.64. The molecule has 0 spiro atoms. The molecule has 0 aliphatic carbocycles. The molecule has 146 valence electrons. The van der Waals surface area contributed by atoms with Gasteiger partial charge in [-0.25, -0.2) is 4.99 Å². The Balaban J connectivity index is 1.64.